The maximum Gasteiger partial charge on any atom is 0.246 e. The average Bonchev–Trinajstić information content (AvgIpc) is 3.03. The van der Waals surface area contributed by atoms with E-state index >= 15 is 0 Å². The number of aromatic nitrogens is 3. The fourth-order valence-corrected chi connectivity index (χ4v) is 5.81. The third-order valence-electron chi connectivity index (χ3n) is 5.78. The molecule has 166 valence electrons. The molecule has 2 aromatic heterocycles. The van der Waals surface area contributed by atoms with Crippen molar-refractivity contribution in [2.45, 2.75) is 11.3 Å². The molecule has 0 saturated carbocycles. The highest BCUT2D eigenvalue weighted by molar-refractivity contribution is 7.89. The molecule has 0 amide bonds. The van der Waals surface area contributed by atoms with E-state index in [9.17, 15) is 12.8 Å². The topological polar surface area (TPSA) is 82.2 Å². The molecule has 0 bridgehead atoms. The number of sulfonamides is 1. The van der Waals surface area contributed by atoms with Crippen molar-refractivity contribution in [2.24, 2.45) is 0 Å². The summed E-state index contributed by atoms with van der Waals surface area (Å²) in [6.07, 6.45) is 2.38. The summed E-state index contributed by atoms with van der Waals surface area (Å²) in [5, 5.41) is 1.35. The van der Waals surface area contributed by atoms with E-state index in [0.717, 1.165) is 17.4 Å². The molecule has 1 saturated heterocycles. The van der Waals surface area contributed by atoms with Crippen LogP contribution in [0.5, 0.6) is 0 Å². The Morgan fingerprint density at radius 3 is 2.78 bits per heavy atom. The van der Waals surface area contributed by atoms with Crippen LogP contribution >= 0.6 is 11.6 Å². The Labute approximate surface area is 189 Å². The minimum Gasteiger partial charge on any atom is -0.338 e. The van der Waals surface area contributed by atoms with E-state index in [-0.39, 0.29) is 4.90 Å². The second-order valence-corrected chi connectivity index (χ2v) is 10.3. The van der Waals surface area contributed by atoms with Gasteiger partial charge in [0.2, 0.25) is 10.0 Å². The lowest BCUT2D eigenvalue weighted by molar-refractivity contribution is 0.347. The van der Waals surface area contributed by atoms with Crippen molar-refractivity contribution >= 4 is 43.6 Å². The molecule has 0 atom stereocenters. The molecule has 1 N–H and O–H groups in total. The normalized spacial score (nSPS) is 16.6. The lowest BCUT2D eigenvalue weighted by atomic mass is 10.1. The van der Waals surface area contributed by atoms with Crippen LogP contribution in [0, 0.1) is 5.82 Å². The number of nitrogens with one attached hydrogen (secondary N) is 1. The standard InChI is InChI=1S/C22H21ClFN5O2S/c1-28-6-3-7-29(9-8-28)32(30,31)21-13-20-19(12-17(21)24)26-22(27-20)15-11-18-14(10-16(15)23)4-2-5-25-18/h2,4-5,10-13H,3,6-9H2,1H3,(H,26,27). The van der Waals surface area contributed by atoms with Gasteiger partial charge in [0.25, 0.3) is 0 Å². The van der Waals surface area contributed by atoms with Crippen LogP contribution in [-0.2, 0) is 10.0 Å². The van der Waals surface area contributed by atoms with E-state index in [1.807, 2.05) is 19.2 Å². The van der Waals surface area contributed by atoms with Crippen molar-refractivity contribution in [1.29, 1.82) is 0 Å². The third kappa shape index (κ3) is 3.75. The Hall–Kier alpha value is -2.59. The van der Waals surface area contributed by atoms with Crippen LogP contribution in [0.1, 0.15) is 6.42 Å². The van der Waals surface area contributed by atoms with Crippen LogP contribution in [-0.4, -0.2) is 65.8 Å². The molecule has 32 heavy (non-hydrogen) atoms. The van der Waals surface area contributed by atoms with Crippen molar-refractivity contribution in [3.05, 3.63) is 53.4 Å². The fourth-order valence-electron chi connectivity index (χ4n) is 4.01. The molecule has 3 heterocycles. The average molecular weight is 474 g/mol. The Balaban J connectivity index is 1.57. The van der Waals surface area contributed by atoms with Gasteiger partial charge >= 0.3 is 0 Å². The highest BCUT2D eigenvalue weighted by Crippen LogP contribution is 2.32. The number of imidazole rings is 1. The second-order valence-electron chi connectivity index (χ2n) is 7.97. The van der Waals surface area contributed by atoms with Gasteiger partial charge in [-0.1, -0.05) is 17.7 Å². The molecule has 0 aliphatic carbocycles. The predicted octanol–water partition coefficient (Wildman–Crippen LogP) is 3.90. The summed E-state index contributed by atoms with van der Waals surface area (Å²) in [6, 6.07) is 9.80. The van der Waals surface area contributed by atoms with Gasteiger partial charge in [-0.15, -0.1) is 0 Å². The fraction of sp³-hybridized carbons (Fsp3) is 0.273. The van der Waals surface area contributed by atoms with Crippen LogP contribution in [0.25, 0.3) is 33.3 Å². The van der Waals surface area contributed by atoms with Gasteiger partial charge in [0.1, 0.15) is 16.5 Å². The molecular formula is C22H21ClFN5O2S. The molecule has 1 aliphatic heterocycles. The van der Waals surface area contributed by atoms with Gasteiger partial charge in [-0.25, -0.2) is 17.8 Å². The highest BCUT2D eigenvalue weighted by atomic mass is 35.5. The quantitative estimate of drug-likeness (QED) is 0.488. The van der Waals surface area contributed by atoms with Crippen LogP contribution in [0.4, 0.5) is 4.39 Å². The largest absolute Gasteiger partial charge is 0.338 e. The van der Waals surface area contributed by atoms with Gasteiger partial charge in [-0.05, 0) is 44.3 Å². The first-order valence-corrected chi connectivity index (χ1v) is 12.1. The van der Waals surface area contributed by atoms with E-state index < -0.39 is 15.8 Å². The van der Waals surface area contributed by atoms with Gasteiger partial charge in [0.15, 0.2) is 0 Å². The van der Waals surface area contributed by atoms with Crippen molar-refractivity contribution in [2.75, 3.05) is 33.2 Å². The van der Waals surface area contributed by atoms with Crippen LogP contribution in [0.15, 0.2) is 47.5 Å². The monoisotopic (exact) mass is 473 g/mol. The molecule has 5 rings (SSSR count). The first kappa shape index (κ1) is 21.3. The second kappa shape index (κ2) is 8.08. The summed E-state index contributed by atoms with van der Waals surface area (Å²) >= 11 is 6.46. The zero-order valence-corrected chi connectivity index (χ0v) is 18.9. The van der Waals surface area contributed by atoms with Crippen molar-refractivity contribution in [1.82, 2.24) is 24.2 Å². The Bertz CT molecular complexity index is 1440. The number of fused-ring (bicyclic) bond motifs is 2. The zero-order chi connectivity index (χ0) is 22.5. The SMILES string of the molecule is CN1CCCN(S(=O)(=O)c2cc3nc(-c4cc5ncccc5cc4Cl)[nH]c3cc2F)CC1. The Morgan fingerprint density at radius 2 is 1.94 bits per heavy atom. The number of hydrogen-bond acceptors (Lipinski definition) is 5. The van der Waals surface area contributed by atoms with Crippen LogP contribution in [0.2, 0.25) is 5.02 Å². The summed E-state index contributed by atoms with van der Waals surface area (Å²) in [5.41, 5.74) is 2.09. The number of nitrogens with zero attached hydrogens (tertiary/aromatic N) is 4. The van der Waals surface area contributed by atoms with E-state index in [2.05, 4.69) is 19.9 Å². The van der Waals surface area contributed by atoms with Crippen molar-refractivity contribution in [3.8, 4) is 11.4 Å². The minimum atomic E-state index is -3.98. The van der Waals surface area contributed by atoms with Gasteiger partial charge in [-0.3, -0.25) is 4.98 Å². The third-order valence-corrected chi connectivity index (χ3v) is 8.01. The smallest absolute Gasteiger partial charge is 0.246 e. The van der Waals surface area contributed by atoms with E-state index in [0.29, 0.717) is 53.5 Å². The summed E-state index contributed by atoms with van der Waals surface area (Å²) in [7, 11) is -2.04. The number of benzene rings is 2. The lowest BCUT2D eigenvalue weighted by Crippen LogP contribution is -2.35. The predicted molar refractivity (Wildman–Crippen MR) is 123 cm³/mol. The summed E-state index contributed by atoms with van der Waals surface area (Å²) < 4.78 is 42.7. The van der Waals surface area contributed by atoms with Gasteiger partial charge in [-0.2, -0.15) is 4.31 Å². The number of likely N-dealkylation sites (N-methyl/N-ethyl adjacent to an activating group) is 1. The number of halogens is 2. The van der Waals surface area contributed by atoms with Crippen molar-refractivity contribution < 1.29 is 12.8 Å². The molecule has 1 aliphatic rings. The zero-order valence-electron chi connectivity index (χ0n) is 17.3. The number of hydrogen-bond donors (Lipinski definition) is 1. The molecule has 0 unspecified atom stereocenters. The highest BCUT2D eigenvalue weighted by Gasteiger charge is 2.29. The van der Waals surface area contributed by atoms with E-state index in [1.54, 1.807) is 18.3 Å². The van der Waals surface area contributed by atoms with E-state index in [1.165, 1.54) is 16.4 Å². The van der Waals surface area contributed by atoms with Crippen LogP contribution < -0.4 is 0 Å². The van der Waals surface area contributed by atoms with Gasteiger partial charge < -0.3 is 9.88 Å². The summed E-state index contributed by atoms with van der Waals surface area (Å²) in [4.78, 5) is 13.6. The number of aromatic amines is 1. The summed E-state index contributed by atoms with van der Waals surface area (Å²) in [5.74, 6) is -0.389. The van der Waals surface area contributed by atoms with Crippen LogP contribution in [0.3, 0.4) is 0 Å². The molecule has 0 radical (unpaired) electrons. The molecule has 1 fully saturated rings. The first-order valence-electron chi connectivity index (χ1n) is 10.3. The molecule has 4 aromatic rings. The molecular weight excluding hydrogens is 453 g/mol. The van der Waals surface area contributed by atoms with Crippen molar-refractivity contribution in [3.63, 3.8) is 0 Å². The number of rotatable bonds is 3. The molecule has 0 spiro atoms. The number of pyridine rings is 1. The van der Waals surface area contributed by atoms with Gasteiger partial charge in [0, 0.05) is 42.8 Å². The maximum atomic E-state index is 14.9. The minimum absolute atomic E-state index is 0.321. The molecule has 10 heteroatoms. The first-order chi connectivity index (χ1) is 15.3. The molecule has 7 nitrogen and oxygen atoms in total. The van der Waals surface area contributed by atoms with Gasteiger partial charge in [0.05, 0.1) is 21.6 Å². The van der Waals surface area contributed by atoms with E-state index in [4.69, 9.17) is 11.6 Å². The molecule has 2 aromatic carbocycles. The number of H-pyrrole nitrogens is 1. The summed E-state index contributed by atoms with van der Waals surface area (Å²) in [6.45, 7) is 2.08. The maximum absolute atomic E-state index is 14.9. The Kier molecular flexibility index (Phi) is 5.37. The Morgan fingerprint density at radius 1 is 1.09 bits per heavy atom. The lowest BCUT2D eigenvalue weighted by Gasteiger charge is -2.20.